The van der Waals surface area contributed by atoms with E-state index in [1.807, 2.05) is 11.9 Å². The first-order valence-corrected chi connectivity index (χ1v) is 7.76. The molecular weight excluding hydrogens is 224 g/mol. The minimum absolute atomic E-state index is 0.303. The molecule has 3 heteroatoms. The molecule has 0 aromatic carbocycles. The van der Waals surface area contributed by atoms with Crippen LogP contribution in [0.1, 0.15) is 57.8 Å². The van der Waals surface area contributed by atoms with E-state index in [1.165, 1.54) is 44.9 Å². The van der Waals surface area contributed by atoms with E-state index in [0.29, 0.717) is 17.9 Å². The summed E-state index contributed by atoms with van der Waals surface area (Å²) < 4.78 is 0. The van der Waals surface area contributed by atoms with Crippen LogP contribution in [0.3, 0.4) is 0 Å². The van der Waals surface area contributed by atoms with Crippen molar-refractivity contribution >= 4 is 5.91 Å². The summed E-state index contributed by atoms with van der Waals surface area (Å²) in [5, 5.41) is 3.40. The van der Waals surface area contributed by atoms with Crippen molar-refractivity contribution in [1.29, 1.82) is 0 Å². The monoisotopic (exact) mass is 252 g/mol. The van der Waals surface area contributed by atoms with Crippen molar-refractivity contribution in [2.24, 2.45) is 5.92 Å². The number of carbonyl (C=O) groups excluding carboxylic acids is 1. The number of amides is 1. The lowest BCUT2D eigenvalue weighted by Crippen LogP contribution is -2.48. The van der Waals surface area contributed by atoms with Gasteiger partial charge in [0.15, 0.2) is 0 Å². The van der Waals surface area contributed by atoms with Crippen LogP contribution in [0.15, 0.2) is 0 Å². The molecule has 3 nitrogen and oxygen atoms in total. The summed E-state index contributed by atoms with van der Waals surface area (Å²) in [5.74, 6) is 0.711. The van der Waals surface area contributed by atoms with E-state index in [0.717, 1.165) is 25.9 Å². The maximum absolute atomic E-state index is 12.6. The fourth-order valence-corrected chi connectivity index (χ4v) is 3.34. The van der Waals surface area contributed by atoms with Crippen molar-refractivity contribution in [3.05, 3.63) is 0 Å². The zero-order valence-corrected chi connectivity index (χ0v) is 11.8. The molecule has 2 rings (SSSR count). The molecule has 1 aliphatic heterocycles. The molecule has 0 radical (unpaired) electrons. The molecule has 0 spiro atoms. The Hall–Kier alpha value is -0.570. The number of rotatable bonds is 2. The smallest absolute Gasteiger partial charge is 0.225 e. The highest BCUT2D eigenvalue weighted by Crippen LogP contribution is 2.25. The average molecular weight is 252 g/mol. The zero-order valence-electron chi connectivity index (χ0n) is 11.8. The summed E-state index contributed by atoms with van der Waals surface area (Å²) >= 11 is 0. The van der Waals surface area contributed by atoms with Gasteiger partial charge in [0.1, 0.15) is 0 Å². The van der Waals surface area contributed by atoms with Crippen molar-refractivity contribution < 1.29 is 4.79 Å². The second-order valence-electron chi connectivity index (χ2n) is 5.99. The van der Waals surface area contributed by atoms with E-state index < -0.39 is 0 Å². The van der Waals surface area contributed by atoms with Crippen LogP contribution in [0.2, 0.25) is 0 Å². The third-order valence-electron chi connectivity index (χ3n) is 4.62. The van der Waals surface area contributed by atoms with E-state index in [2.05, 4.69) is 5.32 Å². The predicted molar refractivity (Wildman–Crippen MR) is 74.5 cm³/mol. The van der Waals surface area contributed by atoms with Crippen LogP contribution in [-0.4, -0.2) is 37.0 Å². The highest BCUT2D eigenvalue weighted by atomic mass is 16.2. The van der Waals surface area contributed by atoms with Gasteiger partial charge in [0, 0.05) is 25.6 Å². The summed E-state index contributed by atoms with van der Waals surface area (Å²) in [6.45, 7) is 2.09. The van der Waals surface area contributed by atoms with Crippen molar-refractivity contribution in [3.8, 4) is 0 Å². The van der Waals surface area contributed by atoms with Crippen LogP contribution in [0.4, 0.5) is 0 Å². The quantitative estimate of drug-likeness (QED) is 0.819. The van der Waals surface area contributed by atoms with Crippen LogP contribution < -0.4 is 5.32 Å². The van der Waals surface area contributed by atoms with Crippen LogP contribution in [0, 0.1) is 5.92 Å². The second-order valence-corrected chi connectivity index (χ2v) is 5.99. The Bertz CT molecular complexity index is 249. The van der Waals surface area contributed by atoms with Gasteiger partial charge in [0.05, 0.1) is 0 Å². The molecule has 0 aromatic heterocycles. The van der Waals surface area contributed by atoms with Gasteiger partial charge in [-0.15, -0.1) is 0 Å². The third kappa shape index (κ3) is 3.71. The molecule has 2 fully saturated rings. The van der Waals surface area contributed by atoms with Crippen molar-refractivity contribution in [1.82, 2.24) is 10.2 Å². The lowest BCUT2D eigenvalue weighted by Gasteiger charge is -2.34. The zero-order chi connectivity index (χ0) is 12.8. The fourth-order valence-electron chi connectivity index (χ4n) is 3.34. The van der Waals surface area contributed by atoms with Crippen molar-refractivity contribution in [2.45, 2.75) is 63.8 Å². The van der Waals surface area contributed by atoms with Crippen LogP contribution in [-0.2, 0) is 4.79 Å². The Morgan fingerprint density at radius 3 is 2.28 bits per heavy atom. The fraction of sp³-hybridized carbons (Fsp3) is 0.933. The average Bonchev–Trinajstić information content (AvgIpc) is 2.38. The number of hydrogen-bond acceptors (Lipinski definition) is 2. The van der Waals surface area contributed by atoms with Crippen LogP contribution >= 0.6 is 0 Å². The summed E-state index contributed by atoms with van der Waals surface area (Å²) in [5.41, 5.74) is 0. The first-order chi connectivity index (χ1) is 8.79. The van der Waals surface area contributed by atoms with Gasteiger partial charge in [0.2, 0.25) is 5.91 Å². The van der Waals surface area contributed by atoms with Gasteiger partial charge in [-0.05, 0) is 32.2 Å². The molecule has 1 saturated heterocycles. The highest BCUT2D eigenvalue weighted by molar-refractivity contribution is 5.78. The predicted octanol–water partition coefficient (Wildman–Crippen LogP) is 2.56. The molecule has 1 amide bonds. The number of hydrogen-bond donors (Lipinski definition) is 1. The largest absolute Gasteiger partial charge is 0.341 e. The third-order valence-corrected chi connectivity index (χ3v) is 4.62. The molecule has 1 N–H and O–H groups in total. The molecule has 1 aliphatic carbocycles. The Kier molecular flexibility index (Phi) is 5.48. The Labute approximate surface area is 111 Å². The number of nitrogens with one attached hydrogen (secondary N) is 1. The van der Waals surface area contributed by atoms with Gasteiger partial charge in [-0.2, -0.15) is 0 Å². The van der Waals surface area contributed by atoms with Gasteiger partial charge in [-0.1, -0.05) is 32.1 Å². The maximum Gasteiger partial charge on any atom is 0.225 e. The van der Waals surface area contributed by atoms with Crippen LogP contribution in [0.25, 0.3) is 0 Å². The van der Waals surface area contributed by atoms with E-state index in [4.69, 9.17) is 0 Å². The normalized spacial score (nSPS) is 27.3. The summed E-state index contributed by atoms with van der Waals surface area (Å²) in [4.78, 5) is 14.6. The molecule has 18 heavy (non-hydrogen) atoms. The van der Waals surface area contributed by atoms with E-state index in [9.17, 15) is 4.79 Å². The van der Waals surface area contributed by atoms with Gasteiger partial charge in [-0.3, -0.25) is 4.79 Å². The van der Waals surface area contributed by atoms with Crippen LogP contribution in [0.5, 0.6) is 0 Å². The van der Waals surface area contributed by atoms with Gasteiger partial charge < -0.3 is 10.2 Å². The lowest BCUT2D eigenvalue weighted by molar-refractivity contribution is -0.137. The molecule has 0 aromatic rings. The molecule has 0 bridgehead atoms. The Morgan fingerprint density at radius 2 is 1.67 bits per heavy atom. The van der Waals surface area contributed by atoms with E-state index >= 15 is 0 Å². The Balaban J connectivity index is 1.87. The molecule has 2 aliphatic rings. The van der Waals surface area contributed by atoms with E-state index in [-0.39, 0.29) is 0 Å². The SMILES string of the molecule is CN(C(=O)C1CCCCCCC1)C1CCCNC1. The van der Waals surface area contributed by atoms with Gasteiger partial charge >= 0.3 is 0 Å². The molecule has 104 valence electrons. The number of carbonyl (C=O) groups is 1. The highest BCUT2D eigenvalue weighted by Gasteiger charge is 2.27. The number of nitrogens with zero attached hydrogens (tertiary/aromatic N) is 1. The summed E-state index contributed by atoms with van der Waals surface area (Å²) in [6, 6.07) is 0.427. The van der Waals surface area contributed by atoms with Gasteiger partial charge in [0.25, 0.3) is 0 Å². The molecule has 1 heterocycles. The summed E-state index contributed by atoms with van der Waals surface area (Å²) in [7, 11) is 2.01. The van der Waals surface area contributed by atoms with Crippen molar-refractivity contribution in [2.75, 3.05) is 20.1 Å². The maximum atomic E-state index is 12.6. The Morgan fingerprint density at radius 1 is 1.00 bits per heavy atom. The minimum Gasteiger partial charge on any atom is -0.341 e. The summed E-state index contributed by atoms with van der Waals surface area (Å²) in [6.07, 6.45) is 11.1. The minimum atomic E-state index is 0.303. The van der Waals surface area contributed by atoms with Crippen molar-refractivity contribution in [3.63, 3.8) is 0 Å². The lowest BCUT2D eigenvalue weighted by atomic mass is 9.89. The first-order valence-electron chi connectivity index (χ1n) is 7.76. The molecular formula is C15H28N2O. The molecule has 1 atom stereocenters. The number of likely N-dealkylation sites (N-methyl/N-ethyl adjacent to an activating group) is 1. The first kappa shape index (κ1) is 13.9. The standard InChI is InChI=1S/C15H28N2O/c1-17(14-10-7-11-16-12-14)15(18)13-8-5-3-2-4-6-9-13/h13-14,16H,2-12H2,1H3. The molecule has 1 unspecified atom stereocenters. The van der Waals surface area contributed by atoms with Gasteiger partial charge in [-0.25, -0.2) is 0 Å². The van der Waals surface area contributed by atoms with E-state index in [1.54, 1.807) is 0 Å². The topological polar surface area (TPSA) is 32.3 Å². The second kappa shape index (κ2) is 7.13. The molecule has 1 saturated carbocycles. The number of piperidine rings is 1.